The monoisotopic (exact) mass is 579 g/mol. The molecule has 11 heteroatoms. The maximum atomic E-state index is 12.5. The first kappa shape index (κ1) is 28.3. The summed E-state index contributed by atoms with van der Waals surface area (Å²) < 4.78 is 37.6. The summed E-state index contributed by atoms with van der Waals surface area (Å²) >= 11 is 12.4. The number of ether oxygens (including phenoxy) is 2. The largest absolute Gasteiger partial charge is 0.494 e. The number of amides is 1. The van der Waals surface area contributed by atoms with Gasteiger partial charge in [0.05, 0.1) is 35.2 Å². The molecule has 1 aliphatic rings. The number of carbonyl (C=O) groups is 1. The van der Waals surface area contributed by atoms with Crippen LogP contribution in [0, 0.1) is 0 Å². The van der Waals surface area contributed by atoms with E-state index in [1.54, 1.807) is 20.0 Å². The molecule has 4 rings (SSSR count). The predicted octanol–water partition coefficient (Wildman–Crippen LogP) is 5.36. The van der Waals surface area contributed by atoms with Gasteiger partial charge >= 0.3 is 6.09 Å². The lowest BCUT2D eigenvalue weighted by Gasteiger charge is -2.34. The molecule has 38 heavy (non-hydrogen) atoms. The molecule has 1 heterocycles. The number of rotatable bonds is 10. The lowest BCUT2D eigenvalue weighted by Crippen LogP contribution is -2.43. The van der Waals surface area contributed by atoms with E-state index in [1.807, 2.05) is 30.3 Å². The van der Waals surface area contributed by atoms with Gasteiger partial charge in [0.15, 0.2) is 9.84 Å². The molecule has 0 fully saturated rings. The summed E-state index contributed by atoms with van der Waals surface area (Å²) in [5, 5.41) is 7.93. The molecule has 1 N–H and O–H groups in total. The topological polar surface area (TPSA) is 99.5 Å². The molecule has 2 aromatic carbocycles. The lowest BCUT2D eigenvalue weighted by atomic mass is 9.76. The van der Waals surface area contributed by atoms with E-state index in [1.165, 1.54) is 22.6 Å². The standard InChI is InChI=1S/C27H31Cl2N3O5S/c1-3-36-27(33)31-26-10-7-19-6-8-20(37-11-4-12-38(34,35)21-16-30-32(2)17-21)15-22(19)23(26)13-18-5-9-24(28)25(29)14-18/h5-6,8-9,14-17,23,26H,3-4,7,10-13H2,1-2H3,(H,31,33). The van der Waals surface area contributed by atoms with E-state index in [-0.39, 0.29) is 29.2 Å². The third kappa shape index (κ3) is 7.01. The molecular weight excluding hydrogens is 549 g/mol. The number of hydrogen-bond donors (Lipinski definition) is 1. The Morgan fingerprint density at radius 2 is 2.00 bits per heavy atom. The van der Waals surface area contributed by atoms with Gasteiger partial charge in [-0.2, -0.15) is 5.10 Å². The lowest BCUT2D eigenvalue weighted by molar-refractivity contribution is 0.144. The van der Waals surface area contributed by atoms with Crippen LogP contribution >= 0.6 is 23.2 Å². The molecule has 204 valence electrons. The normalized spacial score (nSPS) is 17.1. The van der Waals surface area contributed by atoms with Crippen LogP contribution in [0.1, 0.15) is 42.4 Å². The van der Waals surface area contributed by atoms with Gasteiger partial charge in [-0.25, -0.2) is 13.2 Å². The number of fused-ring (bicyclic) bond motifs is 1. The Balaban J connectivity index is 1.49. The number of carbonyl (C=O) groups excluding carboxylic acids is 1. The van der Waals surface area contributed by atoms with Crippen LogP contribution in [-0.2, 0) is 34.5 Å². The molecule has 0 spiro atoms. The van der Waals surface area contributed by atoms with E-state index >= 15 is 0 Å². The zero-order chi connectivity index (χ0) is 27.3. The maximum Gasteiger partial charge on any atom is 0.407 e. The minimum Gasteiger partial charge on any atom is -0.494 e. The first-order valence-electron chi connectivity index (χ1n) is 12.5. The molecule has 3 aromatic rings. The first-order chi connectivity index (χ1) is 18.2. The summed E-state index contributed by atoms with van der Waals surface area (Å²) in [5.74, 6) is 0.572. The number of alkyl carbamates (subject to hydrolysis) is 1. The van der Waals surface area contributed by atoms with Gasteiger partial charge in [-0.3, -0.25) is 4.68 Å². The third-order valence-electron chi connectivity index (χ3n) is 6.61. The second-order valence-corrected chi connectivity index (χ2v) is 12.2. The zero-order valence-corrected chi connectivity index (χ0v) is 23.7. The van der Waals surface area contributed by atoms with Crippen LogP contribution < -0.4 is 10.1 Å². The number of nitrogens with one attached hydrogen (secondary N) is 1. The van der Waals surface area contributed by atoms with Gasteiger partial charge in [-0.15, -0.1) is 0 Å². The van der Waals surface area contributed by atoms with Crippen LogP contribution in [0.5, 0.6) is 5.75 Å². The number of aromatic nitrogens is 2. The summed E-state index contributed by atoms with van der Waals surface area (Å²) in [7, 11) is -1.74. The Bertz CT molecular complexity index is 1390. The SMILES string of the molecule is CCOC(=O)NC1CCc2ccc(OCCCS(=O)(=O)c3cnn(C)c3)cc2C1Cc1ccc(Cl)c(Cl)c1. The van der Waals surface area contributed by atoms with Gasteiger partial charge in [0.25, 0.3) is 0 Å². The van der Waals surface area contributed by atoms with Gasteiger partial charge in [-0.1, -0.05) is 35.3 Å². The van der Waals surface area contributed by atoms with Crippen LogP contribution in [0.4, 0.5) is 4.79 Å². The molecule has 1 aliphatic carbocycles. The Morgan fingerprint density at radius 1 is 1.18 bits per heavy atom. The highest BCUT2D eigenvalue weighted by molar-refractivity contribution is 7.91. The van der Waals surface area contributed by atoms with E-state index in [0.717, 1.165) is 24.0 Å². The summed E-state index contributed by atoms with van der Waals surface area (Å²) in [6, 6.07) is 11.4. The average Bonchev–Trinajstić information content (AvgIpc) is 3.33. The van der Waals surface area contributed by atoms with Crippen LogP contribution in [-0.4, -0.2) is 49.3 Å². The van der Waals surface area contributed by atoms with Gasteiger partial charge in [0.2, 0.25) is 0 Å². The molecule has 1 amide bonds. The second kappa shape index (κ2) is 12.4. The molecule has 0 saturated heterocycles. The fourth-order valence-electron chi connectivity index (χ4n) is 4.75. The number of nitrogens with zero attached hydrogens (tertiary/aromatic N) is 2. The molecule has 0 bridgehead atoms. The van der Waals surface area contributed by atoms with Crippen molar-refractivity contribution in [3.8, 4) is 5.75 Å². The Morgan fingerprint density at radius 3 is 2.71 bits per heavy atom. The number of halogens is 2. The van der Waals surface area contributed by atoms with Crippen LogP contribution in [0.15, 0.2) is 53.7 Å². The van der Waals surface area contributed by atoms with Crippen molar-refractivity contribution in [1.82, 2.24) is 15.1 Å². The summed E-state index contributed by atoms with van der Waals surface area (Å²) in [4.78, 5) is 12.5. The second-order valence-electron chi connectivity index (χ2n) is 9.30. The highest BCUT2D eigenvalue weighted by Crippen LogP contribution is 2.37. The predicted molar refractivity (Wildman–Crippen MR) is 147 cm³/mol. The summed E-state index contributed by atoms with van der Waals surface area (Å²) in [6.07, 6.45) is 4.95. The number of sulfone groups is 1. The Labute approximate surface area is 233 Å². The van der Waals surface area contributed by atoms with Crippen LogP contribution in [0.2, 0.25) is 10.0 Å². The van der Waals surface area contributed by atoms with Crippen molar-refractivity contribution in [2.24, 2.45) is 7.05 Å². The highest BCUT2D eigenvalue weighted by atomic mass is 35.5. The average molecular weight is 581 g/mol. The van der Waals surface area contributed by atoms with Gasteiger partial charge in [0.1, 0.15) is 10.6 Å². The fraction of sp³-hybridized carbons (Fsp3) is 0.407. The number of hydrogen-bond acceptors (Lipinski definition) is 6. The molecular formula is C27H31Cl2N3O5S. The van der Waals surface area contributed by atoms with Crippen molar-refractivity contribution in [1.29, 1.82) is 0 Å². The Hall–Kier alpha value is -2.75. The van der Waals surface area contributed by atoms with Crippen molar-refractivity contribution >= 4 is 39.1 Å². The van der Waals surface area contributed by atoms with E-state index in [0.29, 0.717) is 35.2 Å². The molecule has 0 radical (unpaired) electrons. The molecule has 1 aromatic heterocycles. The summed E-state index contributed by atoms with van der Waals surface area (Å²) in [5.41, 5.74) is 3.26. The van der Waals surface area contributed by atoms with E-state index < -0.39 is 15.9 Å². The van der Waals surface area contributed by atoms with Crippen molar-refractivity contribution < 1.29 is 22.7 Å². The van der Waals surface area contributed by atoms with E-state index in [9.17, 15) is 13.2 Å². The zero-order valence-electron chi connectivity index (χ0n) is 21.3. The smallest absolute Gasteiger partial charge is 0.407 e. The van der Waals surface area contributed by atoms with Crippen molar-refractivity contribution in [3.05, 3.63) is 75.5 Å². The highest BCUT2D eigenvalue weighted by Gasteiger charge is 2.32. The van der Waals surface area contributed by atoms with Crippen LogP contribution in [0.25, 0.3) is 0 Å². The first-order valence-corrected chi connectivity index (χ1v) is 14.9. The number of aryl methyl sites for hydroxylation is 2. The molecule has 2 atom stereocenters. The van der Waals surface area contributed by atoms with Gasteiger partial charge in [-0.05, 0) is 73.6 Å². The minimum absolute atomic E-state index is 0.0326. The molecule has 0 saturated carbocycles. The maximum absolute atomic E-state index is 12.5. The summed E-state index contributed by atoms with van der Waals surface area (Å²) in [6.45, 7) is 2.32. The van der Waals surface area contributed by atoms with Crippen molar-refractivity contribution in [3.63, 3.8) is 0 Å². The fourth-order valence-corrected chi connectivity index (χ4v) is 6.33. The van der Waals surface area contributed by atoms with E-state index in [4.69, 9.17) is 32.7 Å². The quantitative estimate of drug-likeness (QED) is 0.325. The van der Waals surface area contributed by atoms with Crippen molar-refractivity contribution in [2.45, 2.75) is 49.5 Å². The van der Waals surface area contributed by atoms with Crippen molar-refractivity contribution in [2.75, 3.05) is 19.0 Å². The molecule has 2 unspecified atom stereocenters. The molecule has 8 nitrogen and oxygen atoms in total. The Kier molecular flexibility index (Phi) is 9.23. The minimum atomic E-state index is -3.42. The van der Waals surface area contributed by atoms with E-state index in [2.05, 4.69) is 10.4 Å². The van der Waals surface area contributed by atoms with Gasteiger partial charge in [0, 0.05) is 25.2 Å². The molecule has 0 aliphatic heterocycles. The van der Waals surface area contributed by atoms with Crippen LogP contribution in [0.3, 0.4) is 0 Å². The van der Waals surface area contributed by atoms with Gasteiger partial charge < -0.3 is 14.8 Å². The number of benzene rings is 2. The third-order valence-corrected chi connectivity index (χ3v) is 9.11.